The second kappa shape index (κ2) is 8.63. The molecule has 0 bridgehead atoms. The fourth-order valence-electron chi connectivity index (χ4n) is 7.11. The Morgan fingerprint density at radius 1 is 1.17 bits per heavy atom. The van der Waals surface area contributed by atoms with Crippen molar-refractivity contribution in [3.63, 3.8) is 0 Å². The van der Waals surface area contributed by atoms with Crippen LogP contribution in [0, 0.1) is 29.1 Å². The quantitative estimate of drug-likeness (QED) is 0.576. The molecule has 1 saturated heterocycles. The zero-order chi connectivity index (χ0) is 20.6. The molecule has 4 heteroatoms. The van der Waals surface area contributed by atoms with E-state index in [-0.39, 0.29) is 11.7 Å². The van der Waals surface area contributed by atoms with Crippen LogP contribution in [0.2, 0.25) is 0 Å². The average Bonchev–Trinajstić information content (AvgIpc) is 3.31. The first kappa shape index (κ1) is 20.5. The normalized spacial score (nSPS) is 39.4. The number of pyridine rings is 1. The van der Waals surface area contributed by atoms with Crippen LogP contribution in [0.3, 0.4) is 0 Å². The van der Waals surface area contributed by atoms with Gasteiger partial charge in [0.1, 0.15) is 5.75 Å². The molecular weight excluding hydrogens is 374 g/mol. The van der Waals surface area contributed by atoms with Gasteiger partial charge in [0.25, 0.3) is 0 Å². The molecule has 1 aromatic rings. The maximum atomic E-state index is 6.59. The highest BCUT2D eigenvalue weighted by atomic mass is 16.7. The summed E-state index contributed by atoms with van der Waals surface area (Å²) in [5.41, 5.74) is 1.71. The molecule has 3 aliphatic carbocycles. The monoisotopic (exact) mass is 411 g/mol. The smallest absolute Gasteiger partial charge is 0.160 e. The van der Waals surface area contributed by atoms with Crippen molar-refractivity contribution in [1.29, 1.82) is 0 Å². The van der Waals surface area contributed by atoms with Crippen LogP contribution >= 0.6 is 0 Å². The van der Waals surface area contributed by atoms with Crippen molar-refractivity contribution in [3.05, 3.63) is 36.7 Å². The molecular formula is C26H37NO3. The van der Waals surface area contributed by atoms with Crippen molar-refractivity contribution in [2.75, 3.05) is 13.2 Å². The summed E-state index contributed by atoms with van der Waals surface area (Å²) >= 11 is 0. The van der Waals surface area contributed by atoms with Gasteiger partial charge in [-0.15, -0.1) is 0 Å². The summed E-state index contributed by atoms with van der Waals surface area (Å²) in [6, 6.07) is 3.87. The third-order valence-corrected chi connectivity index (χ3v) is 8.75. The summed E-state index contributed by atoms with van der Waals surface area (Å²) in [5, 5.41) is 0. The highest BCUT2D eigenvalue weighted by Gasteiger charge is 2.54. The highest BCUT2D eigenvalue weighted by molar-refractivity contribution is 5.18. The Balaban J connectivity index is 1.24. The van der Waals surface area contributed by atoms with Crippen LogP contribution < -0.4 is 4.74 Å². The molecule has 1 aromatic heterocycles. The summed E-state index contributed by atoms with van der Waals surface area (Å²) in [7, 11) is 0. The van der Waals surface area contributed by atoms with Crippen LogP contribution in [0.15, 0.2) is 36.7 Å². The van der Waals surface area contributed by atoms with Gasteiger partial charge in [-0.2, -0.15) is 0 Å². The molecule has 5 rings (SSSR count). The van der Waals surface area contributed by atoms with Crippen LogP contribution in [-0.2, 0) is 9.47 Å². The van der Waals surface area contributed by atoms with Crippen molar-refractivity contribution in [2.24, 2.45) is 29.1 Å². The first-order valence-corrected chi connectivity index (χ1v) is 12.1. The van der Waals surface area contributed by atoms with E-state index in [0.29, 0.717) is 29.8 Å². The molecule has 0 N–H and O–H groups in total. The Kier molecular flexibility index (Phi) is 5.90. The fraction of sp³-hybridized carbons (Fsp3) is 0.731. The number of ether oxygens (including phenoxy) is 3. The molecule has 2 heterocycles. The molecule has 4 aliphatic rings. The summed E-state index contributed by atoms with van der Waals surface area (Å²) in [5.74, 6) is 3.26. The van der Waals surface area contributed by atoms with Gasteiger partial charge in [0.05, 0.1) is 19.3 Å². The first-order valence-electron chi connectivity index (χ1n) is 12.1. The van der Waals surface area contributed by atoms with E-state index in [1.54, 1.807) is 12.4 Å². The van der Waals surface area contributed by atoms with E-state index >= 15 is 0 Å². The molecule has 0 spiro atoms. The fourth-order valence-corrected chi connectivity index (χ4v) is 7.11. The molecule has 6 atom stereocenters. The number of hydrogen-bond donors (Lipinski definition) is 0. The van der Waals surface area contributed by atoms with Gasteiger partial charge in [-0.05, 0) is 74.3 Å². The predicted octanol–water partition coefficient (Wildman–Crippen LogP) is 5.78. The lowest BCUT2D eigenvalue weighted by Crippen LogP contribution is -2.56. The predicted molar refractivity (Wildman–Crippen MR) is 117 cm³/mol. The van der Waals surface area contributed by atoms with Gasteiger partial charge in [-0.3, -0.25) is 4.98 Å². The number of allylic oxidation sites excluding steroid dienone is 1. The van der Waals surface area contributed by atoms with E-state index in [9.17, 15) is 0 Å². The van der Waals surface area contributed by atoms with Crippen LogP contribution in [0.1, 0.15) is 64.7 Å². The molecule has 0 radical (unpaired) electrons. The van der Waals surface area contributed by atoms with Crippen molar-refractivity contribution in [2.45, 2.75) is 77.1 Å². The Morgan fingerprint density at radius 2 is 1.97 bits per heavy atom. The van der Waals surface area contributed by atoms with Crippen molar-refractivity contribution < 1.29 is 14.2 Å². The van der Waals surface area contributed by atoms with E-state index in [2.05, 4.69) is 18.5 Å². The molecule has 164 valence electrons. The van der Waals surface area contributed by atoms with Gasteiger partial charge in [0.15, 0.2) is 6.29 Å². The van der Waals surface area contributed by atoms with Gasteiger partial charge >= 0.3 is 0 Å². The standard InChI is InChI=1S/C26H37NO3/c1-18-7-8-23-21-17-29-25(19-5-3-4-6-19)30-24(21)9-13-26(23,2)22(18)12-16-28-20-10-14-27-15-11-20/h10-11,14-15,19,21-25H,1,3-9,12-13,16-17H2,2H3/t21?,22-,23?,24-,25-,26+/m1/s1. The van der Waals surface area contributed by atoms with Crippen LogP contribution in [0.25, 0.3) is 0 Å². The Bertz CT molecular complexity index is 731. The lowest BCUT2D eigenvalue weighted by molar-refractivity contribution is -0.284. The van der Waals surface area contributed by atoms with Crippen LogP contribution in [-0.4, -0.2) is 30.6 Å². The molecule has 0 aromatic carbocycles. The minimum Gasteiger partial charge on any atom is -0.493 e. The maximum absolute atomic E-state index is 6.59. The zero-order valence-corrected chi connectivity index (χ0v) is 18.4. The van der Waals surface area contributed by atoms with Crippen molar-refractivity contribution >= 4 is 0 Å². The third-order valence-electron chi connectivity index (χ3n) is 8.75. The van der Waals surface area contributed by atoms with E-state index in [0.717, 1.165) is 31.8 Å². The minimum absolute atomic E-state index is 0.0567. The molecule has 0 amide bonds. The highest BCUT2D eigenvalue weighted by Crippen LogP contribution is 2.59. The number of nitrogens with zero attached hydrogens (tertiary/aromatic N) is 1. The van der Waals surface area contributed by atoms with Gasteiger partial charge in [0, 0.05) is 24.2 Å². The zero-order valence-electron chi connectivity index (χ0n) is 18.4. The summed E-state index contributed by atoms with van der Waals surface area (Å²) in [6.07, 6.45) is 15.1. The second-order valence-electron chi connectivity index (χ2n) is 10.3. The van der Waals surface area contributed by atoms with E-state index in [1.165, 1.54) is 50.5 Å². The maximum Gasteiger partial charge on any atom is 0.160 e. The van der Waals surface area contributed by atoms with Gasteiger partial charge in [-0.25, -0.2) is 0 Å². The van der Waals surface area contributed by atoms with Gasteiger partial charge in [-0.1, -0.05) is 31.9 Å². The Hall–Kier alpha value is -1.39. The number of fused-ring (bicyclic) bond motifs is 3. The average molecular weight is 412 g/mol. The van der Waals surface area contributed by atoms with Crippen molar-refractivity contribution in [1.82, 2.24) is 4.98 Å². The largest absolute Gasteiger partial charge is 0.493 e. The molecule has 4 fully saturated rings. The van der Waals surface area contributed by atoms with E-state index < -0.39 is 0 Å². The SMILES string of the molecule is C=C1CCC2C3CO[C@@H](C4CCCC4)O[C@@H]3CC[C@@]2(C)[C@@H]1CCOc1ccncc1. The van der Waals surface area contributed by atoms with Crippen molar-refractivity contribution in [3.8, 4) is 5.75 Å². The molecule has 3 saturated carbocycles. The third kappa shape index (κ3) is 3.82. The second-order valence-corrected chi connectivity index (χ2v) is 10.3. The lowest BCUT2D eigenvalue weighted by atomic mass is 9.50. The number of rotatable bonds is 5. The van der Waals surface area contributed by atoms with Gasteiger partial charge < -0.3 is 14.2 Å². The number of hydrogen-bond acceptors (Lipinski definition) is 4. The molecule has 4 nitrogen and oxygen atoms in total. The van der Waals surface area contributed by atoms with Crippen LogP contribution in [0.5, 0.6) is 5.75 Å². The van der Waals surface area contributed by atoms with Crippen LogP contribution in [0.4, 0.5) is 0 Å². The van der Waals surface area contributed by atoms with E-state index in [1.807, 2.05) is 12.1 Å². The summed E-state index contributed by atoms with van der Waals surface area (Å²) < 4.78 is 19.0. The first-order chi connectivity index (χ1) is 14.6. The topological polar surface area (TPSA) is 40.6 Å². The molecule has 1 aliphatic heterocycles. The summed E-state index contributed by atoms with van der Waals surface area (Å²) in [4.78, 5) is 4.07. The minimum atomic E-state index is 0.0567. The Labute approximate surface area is 181 Å². The number of aromatic nitrogens is 1. The Morgan fingerprint density at radius 3 is 2.77 bits per heavy atom. The van der Waals surface area contributed by atoms with Gasteiger partial charge in [0.2, 0.25) is 0 Å². The van der Waals surface area contributed by atoms with E-state index in [4.69, 9.17) is 14.2 Å². The summed E-state index contributed by atoms with van der Waals surface area (Å²) in [6.45, 7) is 8.63. The lowest BCUT2D eigenvalue weighted by Gasteiger charge is -2.58. The molecule has 30 heavy (non-hydrogen) atoms. The molecule has 2 unspecified atom stereocenters.